The number of benzene rings is 1. The second-order valence-electron chi connectivity index (χ2n) is 4.80. The van der Waals surface area contributed by atoms with E-state index >= 15 is 0 Å². The lowest BCUT2D eigenvalue weighted by Crippen LogP contribution is -2.49. The molecule has 1 fully saturated rings. The lowest BCUT2D eigenvalue weighted by molar-refractivity contribution is 0.161. The van der Waals surface area contributed by atoms with Crippen LogP contribution < -0.4 is 0 Å². The lowest BCUT2D eigenvalue weighted by atomic mass is 10.1. The van der Waals surface area contributed by atoms with Gasteiger partial charge in [-0.1, -0.05) is 30.3 Å². The summed E-state index contributed by atoms with van der Waals surface area (Å²) in [5.41, 5.74) is 1.03. The van der Waals surface area contributed by atoms with Crippen molar-refractivity contribution in [3.63, 3.8) is 0 Å². The Morgan fingerprint density at radius 2 is 1.95 bits per heavy atom. The number of rotatable bonds is 4. The van der Waals surface area contributed by atoms with E-state index < -0.39 is 10.0 Å². The molecule has 1 aliphatic heterocycles. The zero-order valence-electron chi connectivity index (χ0n) is 11.0. The van der Waals surface area contributed by atoms with Crippen molar-refractivity contribution in [3.8, 4) is 0 Å². The Morgan fingerprint density at radius 3 is 2.58 bits per heavy atom. The van der Waals surface area contributed by atoms with Crippen LogP contribution in [-0.4, -0.2) is 55.9 Å². The normalized spacial score (nSPS) is 22.5. The fraction of sp³-hybridized carbons (Fsp3) is 0.538. The molecule has 1 aromatic rings. The molecule has 1 unspecified atom stereocenters. The van der Waals surface area contributed by atoms with Crippen LogP contribution in [0.25, 0.3) is 0 Å². The van der Waals surface area contributed by atoms with Gasteiger partial charge in [0.15, 0.2) is 0 Å². The first-order valence-electron chi connectivity index (χ1n) is 6.33. The maximum absolute atomic E-state index is 12.3. The maximum Gasteiger partial charge on any atom is 0.215 e. The molecule has 2 rings (SSSR count). The van der Waals surface area contributed by atoms with Crippen LogP contribution >= 0.6 is 11.6 Å². The molecule has 6 heteroatoms. The number of nitrogens with zero attached hydrogens (tertiary/aromatic N) is 2. The molecular formula is C13H19ClN2O2S. The van der Waals surface area contributed by atoms with Gasteiger partial charge in [0.2, 0.25) is 10.0 Å². The highest BCUT2D eigenvalue weighted by atomic mass is 35.5. The smallest absolute Gasteiger partial charge is 0.215 e. The van der Waals surface area contributed by atoms with Crippen LogP contribution in [0.2, 0.25) is 0 Å². The number of sulfonamides is 1. The summed E-state index contributed by atoms with van der Waals surface area (Å²) in [6, 6.07) is 9.66. The van der Waals surface area contributed by atoms with Gasteiger partial charge in [0, 0.05) is 25.5 Å². The molecule has 106 valence electrons. The maximum atomic E-state index is 12.3. The van der Waals surface area contributed by atoms with E-state index in [2.05, 4.69) is 4.90 Å². The van der Waals surface area contributed by atoms with E-state index in [0.29, 0.717) is 13.1 Å². The summed E-state index contributed by atoms with van der Waals surface area (Å²) in [6.07, 6.45) is 0. The summed E-state index contributed by atoms with van der Waals surface area (Å²) < 4.78 is 26.2. The first kappa shape index (κ1) is 14.8. The van der Waals surface area contributed by atoms with Crippen molar-refractivity contribution >= 4 is 21.6 Å². The first-order valence-corrected chi connectivity index (χ1v) is 8.48. The highest BCUT2D eigenvalue weighted by molar-refractivity contribution is 7.89. The topological polar surface area (TPSA) is 40.6 Å². The monoisotopic (exact) mass is 302 g/mol. The summed E-state index contributed by atoms with van der Waals surface area (Å²) in [5, 5.41) is 0. The van der Waals surface area contributed by atoms with Gasteiger partial charge in [-0.3, -0.25) is 0 Å². The van der Waals surface area contributed by atoms with Crippen molar-refractivity contribution in [1.82, 2.24) is 9.21 Å². The molecule has 0 amide bonds. The van der Waals surface area contributed by atoms with Gasteiger partial charge >= 0.3 is 0 Å². The summed E-state index contributed by atoms with van der Waals surface area (Å²) in [7, 11) is -1.26. The van der Waals surface area contributed by atoms with Crippen molar-refractivity contribution in [3.05, 3.63) is 35.9 Å². The molecule has 0 radical (unpaired) electrons. The van der Waals surface area contributed by atoms with E-state index in [9.17, 15) is 8.42 Å². The minimum atomic E-state index is -3.28. The molecule has 0 spiro atoms. The quantitative estimate of drug-likeness (QED) is 0.792. The molecule has 0 N–H and O–H groups in total. The molecule has 1 atom stereocenters. The number of halogens is 1. The van der Waals surface area contributed by atoms with Crippen LogP contribution in [0.15, 0.2) is 30.3 Å². The van der Waals surface area contributed by atoms with Crippen LogP contribution in [0.5, 0.6) is 0 Å². The fourth-order valence-electron chi connectivity index (χ4n) is 2.40. The zero-order valence-corrected chi connectivity index (χ0v) is 12.6. The molecule has 1 aliphatic rings. The molecular weight excluding hydrogens is 284 g/mol. The highest BCUT2D eigenvalue weighted by Crippen LogP contribution is 2.27. The average molecular weight is 303 g/mol. The molecule has 1 aromatic carbocycles. The van der Waals surface area contributed by atoms with Gasteiger partial charge in [0.25, 0.3) is 0 Å². The van der Waals surface area contributed by atoms with Gasteiger partial charge in [-0.15, -0.1) is 11.6 Å². The number of hydrogen-bond donors (Lipinski definition) is 0. The van der Waals surface area contributed by atoms with Crippen LogP contribution in [0.3, 0.4) is 0 Å². The van der Waals surface area contributed by atoms with E-state index in [0.717, 1.165) is 12.1 Å². The van der Waals surface area contributed by atoms with Crippen LogP contribution in [0.1, 0.15) is 11.6 Å². The summed E-state index contributed by atoms with van der Waals surface area (Å²) in [6.45, 7) is 1.99. The van der Waals surface area contributed by atoms with Gasteiger partial charge in [0.05, 0.1) is 11.8 Å². The largest absolute Gasteiger partial charge is 0.303 e. The van der Waals surface area contributed by atoms with Gasteiger partial charge in [-0.05, 0) is 12.6 Å². The predicted molar refractivity (Wildman–Crippen MR) is 77.9 cm³/mol. The third-order valence-corrected chi connectivity index (χ3v) is 5.70. The molecule has 0 aromatic heterocycles. The number of hydrogen-bond acceptors (Lipinski definition) is 3. The van der Waals surface area contributed by atoms with Gasteiger partial charge < -0.3 is 4.90 Å². The molecule has 1 saturated heterocycles. The van der Waals surface area contributed by atoms with Crippen molar-refractivity contribution in [1.29, 1.82) is 0 Å². The average Bonchev–Trinajstić information content (AvgIpc) is 2.39. The molecule has 1 heterocycles. The Kier molecular flexibility index (Phi) is 4.84. The minimum Gasteiger partial charge on any atom is -0.303 e. The first-order chi connectivity index (χ1) is 9.04. The SMILES string of the molecule is CN1CCN(S(=O)(=O)CCCl)C(c2ccccc2)C1. The molecule has 0 bridgehead atoms. The lowest BCUT2D eigenvalue weighted by Gasteiger charge is -2.39. The standard InChI is InChI=1S/C13H19ClN2O2S/c1-15-8-9-16(19(17,18)10-7-14)13(11-15)12-5-3-2-4-6-12/h2-6,13H,7-11H2,1H3. The van der Waals surface area contributed by atoms with Crippen molar-refractivity contribution in [2.24, 2.45) is 0 Å². The molecule has 4 nitrogen and oxygen atoms in total. The van der Waals surface area contributed by atoms with Crippen molar-refractivity contribution < 1.29 is 8.42 Å². The Hall–Kier alpha value is -0.620. The summed E-state index contributed by atoms with van der Waals surface area (Å²) >= 11 is 5.61. The van der Waals surface area contributed by atoms with Crippen molar-refractivity contribution in [2.75, 3.05) is 38.3 Å². The van der Waals surface area contributed by atoms with E-state index in [4.69, 9.17) is 11.6 Å². The number of alkyl halides is 1. The molecule has 0 saturated carbocycles. The third kappa shape index (κ3) is 3.48. The second kappa shape index (κ2) is 6.22. The molecule has 19 heavy (non-hydrogen) atoms. The van der Waals surface area contributed by atoms with Gasteiger partial charge in [-0.2, -0.15) is 4.31 Å². The highest BCUT2D eigenvalue weighted by Gasteiger charge is 2.34. The molecule has 0 aliphatic carbocycles. The van der Waals surface area contributed by atoms with Crippen LogP contribution in [0, 0.1) is 0 Å². The number of piperazine rings is 1. The second-order valence-corrected chi connectivity index (χ2v) is 7.22. The van der Waals surface area contributed by atoms with Crippen molar-refractivity contribution in [2.45, 2.75) is 6.04 Å². The van der Waals surface area contributed by atoms with Crippen LogP contribution in [-0.2, 0) is 10.0 Å². The van der Waals surface area contributed by atoms with Crippen LogP contribution in [0.4, 0.5) is 0 Å². The fourth-order valence-corrected chi connectivity index (χ4v) is 4.35. The Morgan fingerprint density at radius 1 is 1.26 bits per heavy atom. The summed E-state index contributed by atoms with van der Waals surface area (Å²) in [5.74, 6) is 0.137. The van der Waals surface area contributed by atoms with E-state index in [1.54, 1.807) is 4.31 Å². The Balaban J connectivity index is 2.30. The summed E-state index contributed by atoms with van der Waals surface area (Å²) in [4.78, 5) is 2.16. The predicted octanol–water partition coefficient (Wildman–Crippen LogP) is 1.54. The zero-order chi connectivity index (χ0) is 13.9. The van der Waals surface area contributed by atoms with Gasteiger partial charge in [0.1, 0.15) is 0 Å². The third-order valence-electron chi connectivity index (χ3n) is 3.41. The minimum absolute atomic E-state index is 0.00159. The van der Waals surface area contributed by atoms with E-state index in [1.165, 1.54) is 0 Å². The van der Waals surface area contributed by atoms with E-state index in [-0.39, 0.29) is 17.7 Å². The Labute approximate surface area is 120 Å². The Bertz CT molecular complexity index is 507. The van der Waals surface area contributed by atoms with E-state index in [1.807, 2.05) is 37.4 Å². The number of likely N-dealkylation sites (N-methyl/N-ethyl adjacent to an activating group) is 1. The van der Waals surface area contributed by atoms with Gasteiger partial charge in [-0.25, -0.2) is 8.42 Å².